The summed E-state index contributed by atoms with van der Waals surface area (Å²) in [6, 6.07) is 4.84. The molecule has 134 valence electrons. The van der Waals surface area contributed by atoms with Crippen molar-refractivity contribution in [1.29, 1.82) is 0 Å². The van der Waals surface area contributed by atoms with Gasteiger partial charge in [-0.15, -0.1) is 0 Å². The molecule has 12 heteroatoms. The van der Waals surface area contributed by atoms with Crippen LogP contribution in [0.2, 0.25) is 0 Å². The van der Waals surface area contributed by atoms with Gasteiger partial charge in [-0.05, 0) is 12.1 Å². The fourth-order valence-electron chi connectivity index (χ4n) is 1.61. The topological polar surface area (TPSA) is 106 Å². The number of non-ortho nitro benzene ring substituents is 1. The number of benzene rings is 1. The van der Waals surface area contributed by atoms with Gasteiger partial charge in [0.05, 0.1) is 4.92 Å². The number of aromatic nitrogens is 3. The number of anilines is 3. The molecular formula is C13H13F3N6O3. The Kier molecular flexibility index (Phi) is 5.20. The van der Waals surface area contributed by atoms with E-state index in [1.807, 2.05) is 0 Å². The summed E-state index contributed by atoms with van der Waals surface area (Å²) in [5.41, 5.74) is 0.299. The number of rotatable bonds is 6. The molecule has 2 rings (SSSR count). The lowest BCUT2D eigenvalue weighted by Gasteiger charge is -2.14. The number of hydrogen-bond acceptors (Lipinski definition) is 8. The molecule has 0 spiro atoms. The average molecular weight is 358 g/mol. The van der Waals surface area contributed by atoms with Gasteiger partial charge in [-0.2, -0.15) is 28.1 Å². The summed E-state index contributed by atoms with van der Waals surface area (Å²) >= 11 is 0. The highest BCUT2D eigenvalue weighted by atomic mass is 19.4. The number of ether oxygens (including phenoxy) is 1. The van der Waals surface area contributed by atoms with Crippen molar-refractivity contribution < 1.29 is 22.8 Å². The van der Waals surface area contributed by atoms with Crippen LogP contribution in [0.3, 0.4) is 0 Å². The van der Waals surface area contributed by atoms with Crippen molar-refractivity contribution in [1.82, 2.24) is 15.0 Å². The summed E-state index contributed by atoms with van der Waals surface area (Å²) in [6.07, 6.45) is -4.53. The van der Waals surface area contributed by atoms with Crippen LogP contribution in [0, 0.1) is 10.1 Å². The number of alkyl halides is 3. The number of nitrogens with one attached hydrogen (secondary N) is 1. The molecule has 1 heterocycles. The van der Waals surface area contributed by atoms with E-state index in [1.165, 1.54) is 29.2 Å². The van der Waals surface area contributed by atoms with Crippen molar-refractivity contribution in [2.75, 3.05) is 30.9 Å². The Morgan fingerprint density at radius 3 is 2.36 bits per heavy atom. The summed E-state index contributed by atoms with van der Waals surface area (Å²) in [6.45, 7) is -1.54. The number of nitro benzene ring substituents is 1. The average Bonchev–Trinajstić information content (AvgIpc) is 2.52. The molecule has 1 aromatic carbocycles. The van der Waals surface area contributed by atoms with Crippen molar-refractivity contribution in [3.05, 3.63) is 34.4 Å². The maximum atomic E-state index is 12.3. The molecule has 0 radical (unpaired) electrons. The minimum Gasteiger partial charge on any atom is -0.454 e. The van der Waals surface area contributed by atoms with Gasteiger partial charge < -0.3 is 15.0 Å². The van der Waals surface area contributed by atoms with Gasteiger partial charge in [-0.1, -0.05) is 0 Å². The second kappa shape index (κ2) is 7.15. The minimum atomic E-state index is -4.53. The SMILES string of the molecule is CN(C)c1nc(Nc2ccc([N+](=O)[O-])cc2)nc(OCC(F)(F)F)n1. The first-order chi connectivity index (χ1) is 11.6. The molecular weight excluding hydrogens is 345 g/mol. The highest BCUT2D eigenvalue weighted by Crippen LogP contribution is 2.22. The molecule has 0 aliphatic heterocycles. The molecule has 0 bridgehead atoms. The van der Waals surface area contributed by atoms with Crippen molar-refractivity contribution in [3.63, 3.8) is 0 Å². The monoisotopic (exact) mass is 358 g/mol. The smallest absolute Gasteiger partial charge is 0.422 e. The van der Waals surface area contributed by atoms with Crippen LogP contribution in [0.15, 0.2) is 24.3 Å². The van der Waals surface area contributed by atoms with Gasteiger partial charge in [0.2, 0.25) is 11.9 Å². The van der Waals surface area contributed by atoms with E-state index in [9.17, 15) is 23.3 Å². The Morgan fingerprint density at radius 1 is 1.20 bits per heavy atom. The third kappa shape index (κ3) is 5.44. The molecule has 0 saturated carbocycles. The zero-order chi connectivity index (χ0) is 18.6. The first-order valence-corrected chi connectivity index (χ1v) is 6.78. The molecule has 0 aliphatic rings. The summed E-state index contributed by atoms with van der Waals surface area (Å²) < 4.78 is 41.4. The maximum Gasteiger partial charge on any atom is 0.422 e. The lowest BCUT2D eigenvalue weighted by atomic mass is 10.3. The summed E-state index contributed by atoms with van der Waals surface area (Å²) in [5, 5.41) is 13.4. The Bertz CT molecular complexity index is 752. The molecule has 0 saturated heterocycles. The Hall–Kier alpha value is -3.18. The molecule has 0 unspecified atom stereocenters. The second-order valence-electron chi connectivity index (χ2n) is 4.97. The lowest BCUT2D eigenvalue weighted by molar-refractivity contribution is -0.384. The number of nitro groups is 1. The first kappa shape index (κ1) is 18.2. The van der Waals surface area contributed by atoms with Gasteiger partial charge in [0.25, 0.3) is 5.69 Å². The Labute approximate surface area is 139 Å². The Morgan fingerprint density at radius 2 is 1.84 bits per heavy atom. The van der Waals surface area contributed by atoms with E-state index in [1.54, 1.807) is 14.1 Å². The molecule has 1 N–H and O–H groups in total. The summed E-state index contributed by atoms with van der Waals surface area (Å²) in [4.78, 5) is 23.1. The van der Waals surface area contributed by atoms with Crippen LogP contribution in [0.25, 0.3) is 0 Å². The van der Waals surface area contributed by atoms with Crippen LogP contribution < -0.4 is 15.0 Å². The quantitative estimate of drug-likeness (QED) is 0.620. The van der Waals surface area contributed by atoms with Gasteiger partial charge in [0, 0.05) is 31.9 Å². The van der Waals surface area contributed by atoms with Crippen molar-refractivity contribution in [3.8, 4) is 6.01 Å². The zero-order valence-electron chi connectivity index (χ0n) is 13.1. The first-order valence-electron chi connectivity index (χ1n) is 6.78. The van der Waals surface area contributed by atoms with E-state index < -0.39 is 23.7 Å². The number of hydrogen-bond donors (Lipinski definition) is 1. The predicted octanol–water partition coefficient (Wildman–Crippen LogP) is 2.53. The highest BCUT2D eigenvalue weighted by Gasteiger charge is 2.29. The van der Waals surface area contributed by atoms with Gasteiger partial charge in [-0.25, -0.2) is 0 Å². The van der Waals surface area contributed by atoms with E-state index in [4.69, 9.17) is 0 Å². The zero-order valence-corrected chi connectivity index (χ0v) is 13.1. The van der Waals surface area contributed by atoms with Gasteiger partial charge in [0.1, 0.15) is 0 Å². The van der Waals surface area contributed by atoms with Crippen LogP contribution in [-0.2, 0) is 0 Å². The molecule has 0 amide bonds. The highest BCUT2D eigenvalue weighted by molar-refractivity contribution is 5.56. The second-order valence-corrected chi connectivity index (χ2v) is 4.97. The van der Waals surface area contributed by atoms with Crippen LogP contribution in [0.1, 0.15) is 0 Å². The van der Waals surface area contributed by atoms with Crippen LogP contribution >= 0.6 is 0 Å². The third-order valence-electron chi connectivity index (χ3n) is 2.70. The van der Waals surface area contributed by atoms with Crippen molar-refractivity contribution in [2.24, 2.45) is 0 Å². The molecule has 0 atom stereocenters. The van der Waals surface area contributed by atoms with E-state index in [-0.39, 0.29) is 17.6 Å². The van der Waals surface area contributed by atoms with E-state index in [2.05, 4.69) is 25.0 Å². The largest absolute Gasteiger partial charge is 0.454 e. The lowest BCUT2D eigenvalue weighted by Crippen LogP contribution is -2.21. The fraction of sp³-hybridized carbons (Fsp3) is 0.308. The van der Waals surface area contributed by atoms with E-state index >= 15 is 0 Å². The summed E-state index contributed by atoms with van der Waals surface area (Å²) in [7, 11) is 3.19. The normalized spacial score (nSPS) is 11.1. The van der Waals surface area contributed by atoms with Crippen LogP contribution in [-0.4, -0.2) is 46.8 Å². The van der Waals surface area contributed by atoms with Crippen molar-refractivity contribution in [2.45, 2.75) is 6.18 Å². The minimum absolute atomic E-state index is 0.0651. The van der Waals surface area contributed by atoms with Gasteiger partial charge in [-0.3, -0.25) is 10.1 Å². The Balaban J connectivity index is 2.23. The molecule has 25 heavy (non-hydrogen) atoms. The van der Waals surface area contributed by atoms with Crippen molar-refractivity contribution >= 4 is 23.3 Å². The molecule has 9 nitrogen and oxygen atoms in total. The number of nitrogens with zero attached hydrogens (tertiary/aromatic N) is 5. The van der Waals surface area contributed by atoms with Crippen LogP contribution in [0.4, 0.5) is 36.4 Å². The summed E-state index contributed by atoms with van der Waals surface area (Å²) in [5.74, 6) is 0.0151. The molecule has 1 aromatic heterocycles. The van der Waals surface area contributed by atoms with Gasteiger partial charge in [0.15, 0.2) is 6.61 Å². The predicted molar refractivity (Wildman–Crippen MR) is 82.1 cm³/mol. The molecule has 2 aromatic rings. The fourth-order valence-corrected chi connectivity index (χ4v) is 1.61. The molecule has 0 fully saturated rings. The number of halogens is 3. The maximum absolute atomic E-state index is 12.3. The molecule has 0 aliphatic carbocycles. The van der Waals surface area contributed by atoms with E-state index in [0.717, 1.165) is 0 Å². The van der Waals surface area contributed by atoms with Crippen LogP contribution in [0.5, 0.6) is 6.01 Å². The van der Waals surface area contributed by atoms with Gasteiger partial charge >= 0.3 is 12.2 Å². The van der Waals surface area contributed by atoms with E-state index in [0.29, 0.717) is 5.69 Å². The standard InChI is InChI=1S/C13H13F3N6O3/c1-21(2)11-18-10(19-12(20-11)25-7-13(14,15)16)17-8-3-5-9(6-4-8)22(23)24/h3-6H,7H2,1-2H3,(H,17,18,19,20). The third-order valence-corrected chi connectivity index (χ3v) is 2.70.